The lowest BCUT2D eigenvalue weighted by Gasteiger charge is -2.16. The fourth-order valence-electron chi connectivity index (χ4n) is 1.65. The van der Waals surface area contributed by atoms with Gasteiger partial charge in [-0.05, 0) is 23.4 Å². The topological polar surface area (TPSA) is 66.4 Å². The van der Waals surface area contributed by atoms with Crippen LogP contribution in [-0.4, -0.2) is 35.0 Å². The molecule has 0 heterocycles. The van der Waals surface area contributed by atoms with Crippen LogP contribution in [0, 0.1) is 0 Å². The van der Waals surface area contributed by atoms with Crippen LogP contribution in [0.15, 0.2) is 24.3 Å². The number of halogens is 3. The van der Waals surface area contributed by atoms with Crippen LogP contribution in [0.5, 0.6) is 0 Å². The van der Waals surface area contributed by atoms with Crippen molar-refractivity contribution in [1.29, 1.82) is 0 Å². The van der Waals surface area contributed by atoms with Crippen molar-refractivity contribution in [3.8, 4) is 0 Å². The third kappa shape index (κ3) is 6.38. The number of carbonyl (C=O) groups is 2. The molecule has 4 nitrogen and oxygen atoms in total. The van der Waals surface area contributed by atoms with E-state index in [1.54, 1.807) is 23.9 Å². The maximum absolute atomic E-state index is 12.3. The predicted octanol–water partition coefficient (Wildman–Crippen LogP) is 3.08. The summed E-state index contributed by atoms with van der Waals surface area (Å²) in [4.78, 5) is 22.6. The van der Waals surface area contributed by atoms with Crippen molar-refractivity contribution in [2.24, 2.45) is 0 Å². The van der Waals surface area contributed by atoms with E-state index in [0.717, 1.165) is 17.1 Å². The fourth-order valence-corrected chi connectivity index (χ4v) is 2.28. The summed E-state index contributed by atoms with van der Waals surface area (Å²) in [5, 5.41) is 10.6. The average Bonchev–Trinajstić information content (AvgIpc) is 2.43. The summed E-state index contributed by atoms with van der Waals surface area (Å²) in [7, 11) is 0. The van der Waals surface area contributed by atoms with Crippen LogP contribution in [0.4, 0.5) is 13.2 Å². The van der Waals surface area contributed by atoms with Crippen LogP contribution in [0.2, 0.25) is 0 Å². The standard InChI is InChI=1S/C14H16F3NO3S/c1-2-22-8-9-3-5-10(6-4-9)12(19)18-11(13(20)21)7-14(15,16)17/h3-6,11H,2,7-8H2,1H3,(H,18,19)(H,20,21). The molecule has 1 rings (SSSR count). The Balaban J connectivity index is 2.71. The lowest BCUT2D eigenvalue weighted by Crippen LogP contribution is -2.43. The van der Waals surface area contributed by atoms with E-state index >= 15 is 0 Å². The fraction of sp³-hybridized carbons (Fsp3) is 0.429. The number of carboxylic acids is 1. The molecule has 0 radical (unpaired) electrons. The van der Waals surface area contributed by atoms with E-state index in [9.17, 15) is 22.8 Å². The summed E-state index contributed by atoms with van der Waals surface area (Å²) in [6, 6.07) is 4.32. The molecule has 122 valence electrons. The van der Waals surface area contributed by atoms with Crippen molar-refractivity contribution in [2.45, 2.75) is 31.3 Å². The highest BCUT2D eigenvalue weighted by molar-refractivity contribution is 7.98. The largest absolute Gasteiger partial charge is 0.480 e. The summed E-state index contributed by atoms with van der Waals surface area (Å²) < 4.78 is 36.8. The first-order valence-corrected chi connectivity index (χ1v) is 7.65. The first kappa shape index (κ1) is 18.3. The van der Waals surface area contributed by atoms with Gasteiger partial charge in [-0.3, -0.25) is 4.79 Å². The Hall–Kier alpha value is -1.70. The van der Waals surface area contributed by atoms with E-state index < -0.39 is 30.5 Å². The molecule has 8 heteroatoms. The van der Waals surface area contributed by atoms with E-state index in [-0.39, 0.29) is 5.56 Å². The van der Waals surface area contributed by atoms with Gasteiger partial charge in [-0.1, -0.05) is 19.1 Å². The molecule has 0 bridgehead atoms. The quantitative estimate of drug-likeness (QED) is 0.804. The lowest BCUT2D eigenvalue weighted by atomic mass is 10.1. The highest BCUT2D eigenvalue weighted by Crippen LogP contribution is 2.22. The number of nitrogens with one attached hydrogen (secondary N) is 1. The highest BCUT2D eigenvalue weighted by Gasteiger charge is 2.36. The van der Waals surface area contributed by atoms with Gasteiger partial charge in [-0.15, -0.1) is 0 Å². The van der Waals surface area contributed by atoms with Crippen molar-refractivity contribution in [3.63, 3.8) is 0 Å². The maximum atomic E-state index is 12.3. The Kier molecular flexibility index (Phi) is 6.73. The Labute approximate surface area is 130 Å². The van der Waals surface area contributed by atoms with Gasteiger partial charge in [0.25, 0.3) is 5.91 Å². The number of alkyl halides is 3. The number of carbonyl (C=O) groups excluding carboxylic acids is 1. The molecule has 1 aromatic rings. The number of benzene rings is 1. The van der Waals surface area contributed by atoms with Crippen molar-refractivity contribution in [3.05, 3.63) is 35.4 Å². The van der Waals surface area contributed by atoms with Crippen LogP contribution < -0.4 is 5.32 Å². The smallest absolute Gasteiger partial charge is 0.391 e. The molecule has 1 unspecified atom stereocenters. The number of hydrogen-bond donors (Lipinski definition) is 2. The second-order valence-corrected chi connectivity index (χ2v) is 5.79. The molecular weight excluding hydrogens is 319 g/mol. The van der Waals surface area contributed by atoms with Crippen molar-refractivity contribution < 1.29 is 27.9 Å². The van der Waals surface area contributed by atoms with Gasteiger partial charge in [-0.25, -0.2) is 4.79 Å². The molecule has 0 saturated heterocycles. The number of rotatable bonds is 7. The van der Waals surface area contributed by atoms with E-state index in [0.29, 0.717) is 0 Å². The van der Waals surface area contributed by atoms with Crippen molar-refractivity contribution in [2.75, 3.05) is 5.75 Å². The van der Waals surface area contributed by atoms with Gasteiger partial charge in [-0.2, -0.15) is 24.9 Å². The Morgan fingerprint density at radius 2 is 1.86 bits per heavy atom. The molecule has 1 atom stereocenters. The number of hydrogen-bond acceptors (Lipinski definition) is 3. The molecule has 2 N–H and O–H groups in total. The minimum Gasteiger partial charge on any atom is -0.480 e. The molecule has 0 aliphatic heterocycles. The lowest BCUT2D eigenvalue weighted by molar-refractivity contribution is -0.157. The Bertz CT molecular complexity index is 517. The van der Waals surface area contributed by atoms with Crippen LogP contribution in [0.1, 0.15) is 29.3 Å². The number of amides is 1. The van der Waals surface area contributed by atoms with E-state index in [1.807, 2.05) is 12.2 Å². The predicted molar refractivity (Wildman–Crippen MR) is 77.8 cm³/mol. The molecule has 1 amide bonds. The minimum absolute atomic E-state index is 0.124. The highest BCUT2D eigenvalue weighted by atomic mass is 32.2. The monoisotopic (exact) mass is 335 g/mol. The second-order valence-electron chi connectivity index (χ2n) is 4.52. The van der Waals surface area contributed by atoms with Crippen LogP contribution in [0.3, 0.4) is 0 Å². The summed E-state index contributed by atoms with van der Waals surface area (Å²) in [6.07, 6.45) is -6.28. The summed E-state index contributed by atoms with van der Waals surface area (Å²) in [5.41, 5.74) is 1.10. The Morgan fingerprint density at radius 3 is 2.32 bits per heavy atom. The molecular formula is C14H16F3NO3S. The molecule has 0 spiro atoms. The van der Waals surface area contributed by atoms with Crippen molar-refractivity contribution in [1.82, 2.24) is 5.32 Å². The van der Waals surface area contributed by atoms with Gasteiger partial charge in [0.2, 0.25) is 0 Å². The van der Waals surface area contributed by atoms with Crippen LogP contribution >= 0.6 is 11.8 Å². The normalized spacial score (nSPS) is 12.7. The summed E-state index contributed by atoms with van der Waals surface area (Å²) >= 11 is 1.69. The summed E-state index contributed by atoms with van der Waals surface area (Å²) in [5.74, 6) is -0.850. The van der Waals surface area contributed by atoms with E-state index in [1.165, 1.54) is 12.1 Å². The third-order valence-corrected chi connectivity index (χ3v) is 3.67. The minimum atomic E-state index is -4.67. The maximum Gasteiger partial charge on any atom is 0.391 e. The zero-order valence-electron chi connectivity index (χ0n) is 11.8. The summed E-state index contributed by atoms with van der Waals surface area (Å²) in [6.45, 7) is 2.01. The van der Waals surface area contributed by atoms with Gasteiger partial charge in [0, 0.05) is 11.3 Å². The average molecular weight is 335 g/mol. The van der Waals surface area contributed by atoms with Gasteiger partial charge in [0.1, 0.15) is 6.04 Å². The zero-order valence-corrected chi connectivity index (χ0v) is 12.6. The van der Waals surface area contributed by atoms with Crippen LogP contribution in [-0.2, 0) is 10.5 Å². The third-order valence-electron chi connectivity index (χ3n) is 2.73. The first-order chi connectivity index (χ1) is 10.2. The van der Waals surface area contributed by atoms with Crippen molar-refractivity contribution >= 4 is 23.6 Å². The molecule has 0 aromatic heterocycles. The van der Waals surface area contributed by atoms with Gasteiger partial charge in [0.15, 0.2) is 0 Å². The molecule has 0 aliphatic rings. The number of aliphatic carboxylic acids is 1. The SMILES string of the molecule is CCSCc1ccc(C(=O)NC(CC(F)(F)F)C(=O)O)cc1. The molecule has 1 aromatic carbocycles. The Morgan fingerprint density at radius 1 is 1.27 bits per heavy atom. The number of thioether (sulfide) groups is 1. The first-order valence-electron chi connectivity index (χ1n) is 6.50. The molecule has 0 saturated carbocycles. The van der Waals surface area contributed by atoms with E-state index in [4.69, 9.17) is 5.11 Å². The molecule has 0 aliphatic carbocycles. The van der Waals surface area contributed by atoms with Gasteiger partial charge in [0.05, 0.1) is 6.42 Å². The molecule has 0 fully saturated rings. The zero-order chi connectivity index (χ0) is 16.8. The van der Waals surface area contributed by atoms with E-state index in [2.05, 4.69) is 0 Å². The molecule has 22 heavy (non-hydrogen) atoms. The van der Waals surface area contributed by atoms with Gasteiger partial charge < -0.3 is 10.4 Å². The van der Waals surface area contributed by atoms with Crippen LogP contribution in [0.25, 0.3) is 0 Å². The second kappa shape index (κ2) is 8.07. The number of carboxylic acid groups (broad SMARTS) is 1. The van der Waals surface area contributed by atoms with Gasteiger partial charge >= 0.3 is 12.1 Å².